The summed E-state index contributed by atoms with van der Waals surface area (Å²) in [7, 11) is 0. The van der Waals surface area contributed by atoms with Gasteiger partial charge >= 0.3 is 6.09 Å². The van der Waals surface area contributed by atoms with E-state index in [1.54, 1.807) is 6.07 Å². The second-order valence-corrected chi connectivity index (χ2v) is 6.86. The highest BCUT2D eigenvalue weighted by molar-refractivity contribution is 5.98. The lowest BCUT2D eigenvalue weighted by molar-refractivity contribution is -0.125. The van der Waals surface area contributed by atoms with Crippen molar-refractivity contribution >= 4 is 17.7 Å². The van der Waals surface area contributed by atoms with Crippen LogP contribution in [0, 0.1) is 5.82 Å². The van der Waals surface area contributed by atoms with Crippen molar-refractivity contribution in [3.63, 3.8) is 0 Å². The lowest BCUT2D eigenvalue weighted by atomic mass is 9.82. The number of aliphatic hydroxyl groups is 1. The number of anilines is 1. The van der Waals surface area contributed by atoms with Crippen LogP contribution in [0.3, 0.4) is 0 Å². The maximum absolute atomic E-state index is 14.6. The molecule has 1 saturated heterocycles. The summed E-state index contributed by atoms with van der Waals surface area (Å²) < 4.78 is 19.6. The Morgan fingerprint density at radius 1 is 1.29 bits per heavy atom. The first-order chi connectivity index (χ1) is 11.5. The second kappa shape index (κ2) is 5.44. The Labute approximate surface area is 138 Å². The molecule has 1 aliphatic carbocycles. The van der Waals surface area contributed by atoms with Crippen molar-refractivity contribution in [2.45, 2.75) is 56.3 Å². The van der Waals surface area contributed by atoms with Gasteiger partial charge in [-0.05, 0) is 55.2 Å². The average molecular weight is 334 g/mol. The van der Waals surface area contributed by atoms with Crippen molar-refractivity contribution in [2.24, 2.45) is 5.73 Å². The number of aliphatic hydroxyl groups excluding tert-OH is 1. The number of nitrogens with two attached hydrogens (primary N) is 1. The lowest BCUT2D eigenvalue weighted by Crippen LogP contribution is -2.41. The number of hydrogen-bond acceptors (Lipinski definition) is 4. The molecule has 3 N–H and O–H groups in total. The Morgan fingerprint density at radius 3 is 2.67 bits per heavy atom. The van der Waals surface area contributed by atoms with E-state index in [9.17, 15) is 19.1 Å². The van der Waals surface area contributed by atoms with E-state index in [1.165, 1.54) is 11.0 Å². The van der Waals surface area contributed by atoms with Gasteiger partial charge in [0.15, 0.2) is 0 Å². The van der Waals surface area contributed by atoms with E-state index in [1.807, 2.05) is 0 Å². The number of cyclic esters (lactones) is 1. The number of carbonyl (C=O) groups excluding carboxylic acids is 2. The topological polar surface area (TPSA) is 92.9 Å². The van der Waals surface area contributed by atoms with Gasteiger partial charge in [-0.1, -0.05) is 6.07 Å². The molecule has 0 bridgehead atoms. The molecule has 0 spiro atoms. The van der Waals surface area contributed by atoms with E-state index < -0.39 is 24.1 Å². The number of halogens is 1. The molecule has 2 amide bonds. The van der Waals surface area contributed by atoms with Gasteiger partial charge in [-0.2, -0.15) is 0 Å². The first kappa shape index (κ1) is 15.4. The molecule has 128 valence electrons. The van der Waals surface area contributed by atoms with Gasteiger partial charge in [0.05, 0.1) is 17.8 Å². The van der Waals surface area contributed by atoms with Gasteiger partial charge in [0.1, 0.15) is 5.82 Å². The Hall–Kier alpha value is -2.15. The Bertz CT molecular complexity index is 715. The normalized spacial score (nSPS) is 31.6. The zero-order valence-electron chi connectivity index (χ0n) is 13.1. The molecule has 24 heavy (non-hydrogen) atoms. The summed E-state index contributed by atoms with van der Waals surface area (Å²) in [5, 5.41) is 9.62. The van der Waals surface area contributed by atoms with Gasteiger partial charge < -0.3 is 15.6 Å². The summed E-state index contributed by atoms with van der Waals surface area (Å²) in [6, 6.07) is 2.67. The molecule has 1 saturated carbocycles. The van der Waals surface area contributed by atoms with Gasteiger partial charge in [0.2, 0.25) is 6.10 Å². The highest BCUT2D eigenvalue weighted by Crippen LogP contribution is 2.43. The van der Waals surface area contributed by atoms with Crippen LogP contribution in [0.4, 0.5) is 14.9 Å². The molecule has 2 fully saturated rings. The molecule has 1 aromatic rings. The number of amides is 2. The molecule has 2 atom stereocenters. The van der Waals surface area contributed by atoms with Crippen molar-refractivity contribution in [1.29, 1.82) is 0 Å². The molecule has 6 nitrogen and oxygen atoms in total. The minimum Gasteiger partial charge on any atom is -0.433 e. The van der Waals surface area contributed by atoms with Crippen molar-refractivity contribution in [2.75, 3.05) is 4.90 Å². The lowest BCUT2D eigenvalue weighted by Gasteiger charge is -2.26. The van der Waals surface area contributed by atoms with E-state index in [-0.39, 0.29) is 17.8 Å². The molecule has 7 heteroatoms. The largest absolute Gasteiger partial charge is 0.433 e. The van der Waals surface area contributed by atoms with Gasteiger partial charge in [0, 0.05) is 0 Å². The van der Waals surface area contributed by atoms with Crippen LogP contribution in [-0.2, 0) is 16.0 Å². The van der Waals surface area contributed by atoms with Crippen LogP contribution in [-0.4, -0.2) is 35.4 Å². The fourth-order valence-electron chi connectivity index (χ4n) is 4.18. The van der Waals surface area contributed by atoms with Crippen LogP contribution in [0.25, 0.3) is 0 Å². The van der Waals surface area contributed by atoms with Crippen LogP contribution in [0.15, 0.2) is 12.1 Å². The first-order valence-electron chi connectivity index (χ1n) is 8.25. The third-order valence-electron chi connectivity index (χ3n) is 5.41. The maximum Gasteiger partial charge on any atom is 0.415 e. The Balaban J connectivity index is 1.66. The molecule has 4 rings (SSSR count). The first-order valence-corrected chi connectivity index (χ1v) is 8.25. The summed E-state index contributed by atoms with van der Waals surface area (Å²) >= 11 is 0. The summed E-state index contributed by atoms with van der Waals surface area (Å²) in [6.45, 7) is 0. The minimum atomic E-state index is -0.999. The van der Waals surface area contributed by atoms with E-state index >= 15 is 0 Å². The monoisotopic (exact) mass is 334 g/mol. The predicted molar refractivity (Wildman–Crippen MR) is 83.1 cm³/mol. The molecule has 1 aromatic carbocycles. The summed E-state index contributed by atoms with van der Waals surface area (Å²) in [4.78, 5) is 24.8. The molecular weight excluding hydrogens is 315 g/mol. The number of benzene rings is 1. The summed E-state index contributed by atoms with van der Waals surface area (Å²) in [5.41, 5.74) is 7.23. The third-order valence-corrected chi connectivity index (χ3v) is 5.41. The van der Waals surface area contributed by atoms with Crippen molar-refractivity contribution < 1.29 is 23.8 Å². The van der Waals surface area contributed by atoms with Gasteiger partial charge in [-0.15, -0.1) is 0 Å². The quantitative estimate of drug-likeness (QED) is 0.859. The highest BCUT2D eigenvalue weighted by atomic mass is 19.1. The van der Waals surface area contributed by atoms with Crippen molar-refractivity contribution in [1.82, 2.24) is 0 Å². The van der Waals surface area contributed by atoms with Crippen LogP contribution in [0.5, 0.6) is 0 Å². The number of nitrogens with zero attached hydrogens (tertiary/aromatic N) is 1. The molecule has 0 unspecified atom stereocenters. The standard InChI is InChI=1S/C17H19FN2O4/c18-12-7-13-9(5-11(12)8-1-3-10(21)4-2-8)6-14-15(16(19)22)24-17(23)20(13)14/h5,7-8,10,14-15,21H,1-4,6H2,(H2,19,22)/t8?,10?,14-,15+/m0/s1. The van der Waals surface area contributed by atoms with Gasteiger partial charge in [-0.25, -0.2) is 9.18 Å². The van der Waals surface area contributed by atoms with Gasteiger partial charge in [0.25, 0.3) is 5.91 Å². The Morgan fingerprint density at radius 2 is 2.00 bits per heavy atom. The molecule has 2 aliphatic heterocycles. The fourth-order valence-corrected chi connectivity index (χ4v) is 4.18. The van der Waals surface area contributed by atoms with Crippen molar-refractivity contribution in [3.8, 4) is 0 Å². The maximum atomic E-state index is 14.6. The van der Waals surface area contributed by atoms with Crippen LogP contribution < -0.4 is 10.6 Å². The average Bonchev–Trinajstić information content (AvgIpc) is 3.05. The SMILES string of the molecule is NC(=O)[C@@H]1OC(=O)N2c3cc(F)c(C4CCC(O)CC4)cc3C[C@@H]12. The smallest absolute Gasteiger partial charge is 0.415 e. The molecule has 3 aliphatic rings. The van der Waals surface area contributed by atoms with E-state index in [4.69, 9.17) is 10.5 Å². The molecule has 0 radical (unpaired) electrons. The van der Waals surface area contributed by atoms with Crippen LogP contribution in [0.2, 0.25) is 0 Å². The van der Waals surface area contributed by atoms with Crippen LogP contribution >= 0.6 is 0 Å². The third kappa shape index (κ3) is 2.26. The number of rotatable bonds is 2. The van der Waals surface area contributed by atoms with Crippen LogP contribution in [0.1, 0.15) is 42.7 Å². The predicted octanol–water partition coefficient (Wildman–Crippen LogP) is 1.58. The highest BCUT2D eigenvalue weighted by Gasteiger charge is 2.50. The van der Waals surface area contributed by atoms with E-state index in [0.717, 1.165) is 18.4 Å². The zero-order chi connectivity index (χ0) is 17.0. The molecule has 2 heterocycles. The van der Waals surface area contributed by atoms with E-state index in [0.29, 0.717) is 30.5 Å². The number of hydrogen-bond donors (Lipinski definition) is 2. The minimum absolute atomic E-state index is 0.0769. The zero-order valence-corrected chi connectivity index (χ0v) is 13.1. The number of fused-ring (bicyclic) bond motifs is 3. The van der Waals surface area contributed by atoms with Gasteiger partial charge in [-0.3, -0.25) is 9.69 Å². The summed E-state index contributed by atoms with van der Waals surface area (Å²) in [5.74, 6) is -0.968. The number of carbonyl (C=O) groups is 2. The molecule has 0 aromatic heterocycles. The number of ether oxygens (including phenoxy) is 1. The fraction of sp³-hybridized carbons (Fsp3) is 0.529. The molecular formula is C17H19FN2O4. The second-order valence-electron chi connectivity index (χ2n) is 6.86. The van der Waals surface area contributed by atoms with E-state index in [2.05, 4.69) is 0 Å². The summed E-state index contributed by atoms with van der Waals surface area (Å²) in [6.07, 6.45) is 1.31. The number of primary amides is 1. The van der Waals surface area contributed by atoms with Crippen molar-refractivity contribution in [3.05, 3.63) is 29.1 Å². The Kier molecular flexibility index (Phi) is 3.49.